The number of nitrogens with zero attached hydrogens (tertiary/aromatic N) is 1. The summed E-state index contributed by atoms with van der Waals surface area (Å²) in [5.41, 5.74) is -0.219. The van der Waals surface area contributed by atoms with E-state index in [1.54, 1.807) is 6.92 Å². The molecule has 2 rings (SSSR count). The van der Waals surface area contributed by atoms with Crippen molar-refractivity contribution < 1.29 is 9.52 Å². The van der Waals surface area contributed by atoms with Crippen LogP contribution in [0, 0.1) is 19.8 Å². The van der Waals surface area contributed by atoms with Crippen LogP contribution < -0.4 is 10.6 Å². The van der Waals surface area contributed by atoms with E-state index in [0.29, 0.717) is 6.54 Å². The largest absolute Gasteiger partial charge is 0.466 e. The van der Waals surface area contributed by atoms with Gasteiger partial charge in [0.05, 0.1) is 6.54 Å². The smallest absolute Gasteiger partial charge is 0.191 e. The predicted molar refractivity (Wildman–Crippen MR) is 104 cm³/mol. The van der Waals surface area contributed by atoms with Crippen molar-refractivity contribution >= 4 is 29.9 Å². The van der Waals surface area contributed by atoms with Gasteiger partial charge in [0.1, 0.15) is 17.1 Å². The molecule has 0 radical (unpaired) electrons. The molecule has 1 atom stereocenters. The van der Waals surface area contributed by atoms with Crippen LogP contribution in [0.4, 0.5) is 0 Å². The highest BCUT2D eigenvalue weighted by Crippen LogP contribution is 2.31. The number of furan rings is 1. The zero-order valence-electron chi connectivity index (χ0n) is 14.6. The SMILES string of the molecule is CCNC(=NCC(C)(O)c1cc(C)oc1C)NCCC1CC1.I. The van der Waals surface area contributed by atoms with Crippen molar-refractivity contribution in [3.8, 4) is 0 Å². The molecule has 1 aromatic heterocycles. The zero-order valence-corrected chi connectivity index (χ0v) is 16.9. The van der Waals surface area contributed by atoms with Gasteiger partial charge in [-0.2, -0.15) is 0 Å². The van der Waals surface area contributed by atoms with Gasteiger partial charge < -0.3 is 20.2 Å². The predicted octanol–water partition coefficient (Wildman–Crippen LogP) is 3.08. The van der Waals surface area contributed by atoms with E-state index in [0.717, 1.165) is 42.1 Å². The van der Waals surface area contributed by atoms with Crippen molar-refractivity contribution in [3.05, 3.63) is 23.2 Å². The first kappa shape index (κ1) is 20.3. The second-order valence-corrected chi connectivity index (χ2v) is 6.45. The summed E-state index contributed by atoms with van der Waals surface area (Å²) in [7, 11) is 0. The van der Waals surface area contributed by atoms with E-state index in [-0.39, 0.29) is 24.0 Å². The van der Waals surface area contributed by atoms with Crippen LogP contribution in [-0.2, 0) is 5.60 Å². The highest BCUT2D eigenvalue weighted by atomic mass is 127. The van der Waals surface area contributed by atoms with E-state index in [1.807, 2.05) is 26.8 Å². The van der Waals surface area contributed by atoms with Gasteiger partial charge in [0.15, 0.2) is 5.96 Å². The Morgan fingerprint density at radius 2 is 2.09 bits per heavy atom. The van der Waals surface area contributed by atoms with E-state index < -0.39 is 5.60 Å². The van der Waals surface area contributed by atoms with Crippen LogP contribution >= 0.6 is 24.0 Å². The van der Waals surface area contributed by atoms with Gasteiger partial charge in [0.25, 0.3) is 0 Å². The van der Waals surface area contributed by atoms with E-state index >= 15 is 0 Å². The number of aliphatic imine (C=N–C) groups is 1. The van der Waals surface area contributed by atoms with E-state index in [9.17, 15) is 5.11 Å². The monoisotopic (exact) mass is 435 g/mol. The molecule has 1 aromatic rings. The lowest BCUT2D eigenvalue weighted by molar-refractivity contribution is 0.0657. The standard InChI is InChI=1S/C17H29N3O2.HI/c1-5-18-16(19-9-8-14-6-7-14)20-11-17(4,21)15-10-12(2)22-13(15)3;/h10,14,21H,5-9,11H2,1-4H3,(H2,18,19,20);1H. The van der Waals surface area contributed by atoms with E-state index in [4.69, 9.17) is 4.42 Å². The van der Waals surface area contributed by atoms with Crippen molar-refractivity contribution in [3.63, 3.8) is 0 Å². The van der Waals surface area contributed by atoms with Gasteiger partial charge in [-0.1, -0.05) is 12.8 Å². The summed E-state index contributed by atoms with van der Waals surface area (Å²) in [5.74, 6) is 3.23. The number of aliphatic hydroxyl groups is 1. The second kappa shape index (κ2) is 8.92. The van der Waals surface area contributed by atoms with E-state index in [2.05, 4.69) is 15.6 Å². The van der Waals surface area contributed by atoms with Crippen molar-refractivity contribution in [2.45, 2.75) is 52.6 Å². The summed E-state index contributed by atoms with van der Waals surface area (Å²) < 4.78 is 5.51. The number of guanidine groups is 1. The third-order valence-electron chi connectivity index (χ3n) is 4.05. The van der Waals surface area contributed by atoms with Gasteiger partial charge in [0.2, 0.25) is 0 Å². The molecule has 0 saturated heterocycles. The van der Waals surface area contributed by atoms with Gasteiger partial charge in [-0.25, -0.2) is 4.99 Å². The van der Waals surface area contributed by atoms with Crippen molar-refractivity contribution in [1.82, 2.24) is 10.6 Å². The molecule has 5 nitrogen and oxygen atoms in total. The lowest BCUT2D eigenvalue weighted by Crippen LogP contribution is -2.39. The molecule has 0 bridgehead atoms. The number of halogens is 1. The number of hydrogen-bond donors (Lipinski definition) is 3. The van der Waals surface area contributed by atoms with Crippen molar-refractivity contribution in [1.29, 1.82) is 0 Å². The maximum Gasteiger partial charge on any atom is 0.191 e. The number of aryl methyl sites for hydroxylation is 2. The van der Waals surface area contributed by atoms with Crippen LogP contribution in [0.2, 0.25) is 0 Å². The molecule has 1 aliphatic rings. The molecule has 6 heteroatoms. The molecule has 0 amide bonds. The fourth-order valence-corrected chi connectivity index (χ4v) is 2.63. The van der Waals surface area contributed by atoms with Crippen molar-refractivity contribution in [2.75, 3.05) is 19.6 Å². The molecule has 132 valence electrons. The Bertz CT molecular complexity index is 522. The first-order chi connectivity index (χ1) is 10.4. The average Bonchev–Trinajstić information content (AvgIpc) is 3.20. The minimum atomic E-state index is -1.03. The third kappa shape index (κ3) is 6.33. The highest BCUT2D eigenvalue weighted by Gasteiger charge is 2.27. The van der Waals surface area contributed by atoms with Crippen LogP contribution in [-0.4, -0.2) is 30.7 Å². The Balaban J connectivity index is 0.00000264. The Morgan fingerprint density at radius 1 is 1.39 bits per heavy atom. The summed E-state index contributed by atoms with van der Waals surface area (Å²) in [6, 6.07) is 1.89. The molecule has 1 aliphatic carbocycles. The van der Waals surface area contributed by atoms with Crippen LogP contribution in [0.5, 0.6) is 0 Å². The Labute approximate surface area is 156 Å². The zero-order chi connectivity index (χ0) is 16.2. The lowest BCUT2D eigenvalue weighted by Gasteiger charge is -2.21. The molecule has 1 heterocycles. The maximum absolute atomic E-state index is 10.7. The lowest BCUT2D eigenvalue weighted by atomic mass is 9.96. The number of hydrogen-bond acceptors (Lipinski definition) is 3. The summed E-state index contributed by atoms with van der Waals surface area (Å²) in [5, 5.41) is 17.3. The average molecular weight is 435 g/mol. The summed E-state index contributed by atoms with van der Waals surface area (Å²) >= 11 is 0. The fraction of sp³-hybridized carbons (Fsp3) is 0.706. The number of nitrogens with one attached hydrogen (secondary N) is 2. The van der Waals surface area contributed by atoms with Gasteiger partial charge in [-0.15, -0.1) is 24.0 Å². The maximum atomic E-state index is 10.7. The second-order valence-electron chi connectivity index (χ2n) is 6.45. The molecule has 0 aromatic carbocycles. The molecule has 1 fully saturated rings. The molecule has 0 aliphatic heterocycles. The number of rotatable bonds is 7. The summed E-state index contributed by atoms with van der Waals surface area (Å²) in [4.78, 5) is 4.53. The van der Waals surface area contributed by atoms with E-state index in [1.165, 1.54) is 19.3 Å². The summed E-state index contributed by atoms with van der Waals surface area (Å²) in [6.07, 6.45) is 3.92. The quantitative estimate of drug-likeness (QED) is 0.350. The van der Waals surface area contributed by atoms with Gasteiger partial charge in [-0.05, 0) is 46.1 Å². The summed E-state index contributed by atoms with van der Waals surface area (Å²) in [6.45, 7) is 9.62. The normalized spacial score (nSPS) is 17.3. The third-order valence-corrected chi connectivity index (χ3v) is 4.05. The molecule has 1 saturated carbocycles. The van der Waals surface area contributed by atoms with Crippen LogP contribution in [0.25, 0.3) is 0 Å². The van der Waals surface area contributed by atoms with Crippen LogP contribution in [0.15, 0.2) is 15.5 Å². The molecule has 0 spiro atoms. The Hall–Kier alpha value is -0.760. The Kier molecular flexibility index (Phi) is 7.86. The molecular formula is C17H30IN3O2. The van der Waals surface area contributed by atoms with Crippen LogP contribution in [0.1, 0.15) is 50.2 Å². The first-order valence-electron chi connectivity index (χ1n) is 8.24. The minimum Gasteiger partial charge on any atom is -0.466 e. The molecule has 23 heavy (non-hydrogen) atoms. The van der Waals surface area contributed by atoms with Crippen molar-refractivity contribution in [2.24, 2.45) is 10.9 Å². The molecule has 1 unspecified atom stereocenters. The van der Waals surface area contributed by atoms with Gasteiger partial charge in [-0.3, -0.25) is 0 Å². The Morgan fingerprint density at radius 3 is 2.61 bits per heavy atom. The molecular weight excluding hydrogens is 405 g/mol. The van der Waals surface area contributed by atoms with Crippen LogP contribution in [0.3, 0.4) is 0 Å². The highest BCUT2D eigenvalue weighted by molar-refractivity contribution is 14.0. The fourth-order valence-electron chi connectivity index (χ4n) is 2.63. The van der Waals surface area contributed by atoms with Gasteiger partial charge >= 0.3 is 0 Å². The topological polar surface area (TPSA) is 69.8 Å². The van der Waals surface area contributed by atoms with Gasteiger partial charge in [0, 0.05) is 18.7 Å². The minimum absolute atomic E-state index is 0. The molecule has 3 N–H and O–H groups in total. The first-order valence-corrected chi connectivity index (χ1v) is 8.24.